The van der Waals surface area contributed by atoms with Crippen LogP contribution in [-0.4, -0.2) is 47.0 Å². The van der Waals surface area contributed by atoms with E-state index in [1.807, 2.05) is 0 Å². The molecule has 4 N–H and O–H groups in total. The quantitative estimate of drug-likeness (QED) is 0.316. The van der Waals surface area contributed by atoms with Gasteiger partial charge in [0.25, 0.3) is 0 Å². The number of nitrogens with zero attached hydrogens (tertiary/aromatic N) is 3. The summed E-state index contributed by atoms with van der Waals surface area (Å²) in [6.45, 7) is -1.84. The highest BCUT2D eigenvalue weighted by Crippen LogP contribution is 2.22. The molecule has 0 radical (unpaired) electrons. The summed E-state index contributed by atoms with van der Waals surface area (Å²) in [4.78, 5) is 4.69. The fourth-order valence-corrected chi connectivity index (χ4v) is 1.44. The van der Waals surface area contributed by atoms with Gasteiger partial charge in [0.15, 0.2) is 5.84 Å². The summed E-state index contributed by atoms with van der Waals surface area (Å²) in [6.07, 6.45) is -3.17. The van der Waals surface area contributed by atoms with Crippen LogP contribution in [0.15, 0.2) is 23.5 Å². The Kier molecular flexibility index (Phi) is 4.93. The van der Waals surface area contributed by atoms with E-state index in [1.165, 1.54) is 18.3 Å². The van der Waals surface area contributed by atoms with Crippen LogP contribution in [0.5, 0.6) is 0 Å². The lowest BCUT2D eigenvalue weighted by Gasteiger charge is -2.25. The summed E-state index contributed by atoms with van der Waals surface area (Å²) < 4.78 is 37.2. The molecule has 0 saturated carbocycles. The Labute approximate surface area is 107 Å². The molecule has 0 amide bonds. The predicted octanol–water partition coefficient (Wildman–Crippen LogP) is 0.537. The van der Waals surface area contributed by atoms with Gasteiger partial charge in [-0.1, -0.05) is 5.16 Å². The summed E-state index contributed by atoms with van der Waals surface area (Å²) in [7, 11) is 0. The van der Waals surface area contributed by atoms with E-state index in [0.29, 0.717) is 0 Å². The maximum absolute atomic E-state index is 12.4. The first-order valence-corrected chi connectivity index (χ1v) is 5.24. The molecule has 0 aliphatic carbocycles. The molecule has 6 nitrogen and oxygen atoms in total. The van der Waals surface area contributed by atoms with E-state index in [1.54, 1.807) is 0 Å². The van der Waals surface area contributed by atoms with Gasteiger partial charge in [0, 0.05) is 18.4 Å². The van der Waals surface area contributed by atoms with Crippen LogP contribution >= 0.6 is 0 Å². The number of aliphatic hydroxyl groups excluding tert-OH is 1. The molecule has 0 saturated heterocycles. The average molecular weight is 278 g/mol. The summed E-state index contributed by atoms with van der Waals surface area (Å²) in [6, 6.07) is 2.59. The maximum Gasteiger partial charge on any atom is 0.405 e. The van der Waals surface area contributed by atoms with Crippen molar-refractivity contribution < 1.29 is 23.5 Å². The molecule has 1 aromatic heterocycles. The number of hydrogen-bond donors (Lipinski definition) is 3. The number of amidine groups is 1. The van der Waals surface area contributed by atoms with E-state index >= 15 is 0 Å². The minimum Gasteiger partial charge on any atom is -0.409 e. The summed E-state index contributed by atoms with van der Waals surface area (Å²) in [5, 5.41) is 20.0. The number of rotatable bonds is 5. The van der Waals surface area contributed by atoms with Gasteiger partial charge in [0.05, 0.1) is 6.61 Å². The van der Waals surface area contributed by atoms with E-state index in [4.69, 9.17) is 16.0 Å². The maximum atomic E-state index is 12.4. The van der Waals surface area contributed by atoms with Gasteiger partial charge in [-0.2, -0.15) is 13.2 Å². The van der Waals surface area contributed by atoms with E-state index in [-0.39, 0.29) is 23.8 Å². The monoisotopic (exact) mass is 278 g/mol. The molecule has 0 fully saturated rings. The second kappa shape index (κ2) is 6.23. The number of nitrogens with two attached hydrogens (primary N) is 1. The van der Waals surface area contributed by atoms with E-state index in [0.717, 1.165) is 4.90 Å². The lowest BCUT2D eigenvalue weighted by molar-refractivity contribution is -0.119. The zero-order chi connectivity index (χ0) is 14.5. The molecule has 1 aromatic rings. The Morgan fingerprint density at radius 3 is 2.68 bits per heavy atom. The fraction of sp³-hybridized carbons (Fsp3) is 0.400. The van der Waals surface area contributed by atoms with Crippen LogP contribution in [0.1, 0.15) is 5.69 Å². The van der Waals surface area contributed by atoms with E-state index < -0.39 is 19.3 Å². The first-order chi connectivity index (χ1) is 8.87. The molecule has 0 atom stereocenters. The molecule has 0 unspecified atom stereocenters. The van der Waals surface area contributed by atoms with Gasteiger partial charge in [0.1, 0.15) is 12.2 Å². The Bertz CT molecular complexity index is 451. The van der Waals surface area contributed by atoms with Crippen LogP contribution in [0.4, 0.5) is 18.9 Å². The largest absolute Gasteiger partial charge is 0.409 e. The highest BCUT2D eigenvalue weighted by molar-refractivity contribution is 5.95. The van der Waals surface area contributed by atoms with E-state index in [9.17, 15) is 13.2 Å². The third-order valence-corrected chi connectivity index (χ3v) is 2.22. The second-order valence-corrected chi connectivity index (χ2v) is 3.64. The number of halogens is 3. The van der Waals surface area contributed by atoms with Crippen molar-refractivity contribution in [3.63, 3.8) is 0 Å². The van der Waals surface area contributed by atoms with E-state index in [2.05, 4.69) is 10.1 Å². The summed E-state index contributed by atoms with van der Waals surface area (Å²) in [5.41, 5.74) is 5.53. The van der Waals surface area contributed by atoms with Crippen molar-refractivity contribution in [1.82, 2.24) is 4.98 Å². The molecule has 19 heavy (non-hydrogen) atoms. The van der Waals surface area contributed by atoms with Crippen LogP contribution in [0, 0.1) is 0 Å². The zero-order valence-electron chi connectivity index (χ0n) is 9.80. The van der Waals surface area contributed by atoms with Crippen molar-refractivity contribution in [3.05, 3.63) is 24.0 Å². The molecule has 0 aliphatic heterocycles. The van der Waals surface area contributed by atoms with Gasteiger partial charge in [-0.15, -0.1) is 0 Å². The van der Waals surface area contributed by atoms with Crippen LogP contribution in [-0.2, 0) is 0 Å². The molecule has 1 rings (SSSR count). The minimum absolute atomic E-state index is 0.0464. The number of hydrogen-bond acceptors (Lipinski definition) is 5. The number of aliphatic hydroxyl groups is 1. The summed E-state index contributed by atoms with van der Waals surface area (Å²) >= 11 is 0. The van der Waals surface area contributed by atoms with Gasteiger partial charge in [-0.3, -0.25) is 4.98 Å². The molecular formula is C10H13F3N4O2. The van der Waals surface area contributed by atoms with Crippen molar-refractivity contribution in [3.8, 4) is 0 Å². The van der Waals surface area contributed by atoms with Crippen molar-refractivity contribution >= 4 is 11.5 Å². The first-order valence-electron chi connectivity index (χ1n) is 5.24. The summed E-state index contributed by atoms with van der Waals surface area (Å²) in [5.74, 6) is -0.308. The van der Waals surface area contributed by atoms with Crippen molar-refractivity contribution in [2.24, 2.45) is 10.9 Å². The number of anilines is 1. The number of oxime groups is 1. The highest BCUT2D eigenvalue weighted by atomic mass is 19.4. The Balaban J connectivity index is 3.02. The molecule has 1 heterocycles. The standard InChI is InChI=1S/C10H13F3N4O2/c11-10(12,13)6-17(3-4-18)7-1-2-15-8(5-7)9(14)16-19/h1-2,5,18-19H,3-4,6H2,(H2,14,16). The lowest BCUT2D eigenvalue weighted by Crippen LogP contribution is -2.36. The van der Waals surface area contributed by atoms with Gasteiger partial charge >= 0.3 is 6.18 Å². The zero-order valence-corrected chi connectivity index (χ0v) is 9.80. The molecule has 9 heteroatoms. The first kappa shape index (κ1) is 15.0. The number of pyridine rings is 1. The van der Waals surface area contributed by atoms with Crippen molar-refractivity contribution in [2.45, 2.75) is 6.18 Å². The molecule has 0 bridgehead atoms. The van der Waals surface area contributed by atoms with Crippen LogP contribution in [0.25, 0.3) is 0 Å². The van der Waals surface area contributed by atoms with Crippen LogP contribution in [0.2, 0.25) is 0 Å². The second-order valence-electron chi connectivity index (χ2n) is 3.64. The normalized spacial score (nSPS) is 12.5. The highest BCUT2D eigenvalue weighted by Gasteiger charge is 2.30. The third-order valence-electron chi connectivity index (χ3n) is 2.22. The van der Waals surface area contributed by atoms with Crippen LogP contribution < -0.4 is 10.6 Å². The number of aromatic nitrogens is 1. The average Bonchev–Trinajstić information content (AvgIpc) is 2.36. The Morgan fingerprint density at radius 2 is 2.16 bits per heavy atom. The van der Waals surface area contributed by atoms with Crippen molar-refractivity contribution in [2.75, 3.05) is 24.6 Å². The molecule has 106 valence electrons. The van der Waals surface area contributed by atoms with Crippen molar-refractivity contribution in [1.29, 1.82) is 0 Å². The smallest absolute Gasteiger partial charge is 0.405 e. The fourth-order valence-electron chi connectivity index (χ4n) is 1.44. The van der Waals surface area contributed by atoms with Gasteiger partial charge < -0.3 is 20.9 Å². The Hall–Kier alpha value is -2.03. The SMILES string of the molecule is N/C(=N/O)c1cc(N(CCO)CC(F)(F)F)ccn1. The van der Waals surface area contributed by atoms with Gasteiger partial charge in [-0.05, 0) is 12.1 Å². The van der Waals surface area contributed by atoms with Crippen LogP contribution in [0.3, 0.4) is 0 Å². The lowest BCUT2D eigenvalue weighted by atomic mass is 10.2. The molecule has 0 aliphatic rings. The van der Waals surface area contributed by atoms with Gasteiger partial charge in [-0.25, -0.2) is 0 Å². The van der Waals surface area contributed by atoms with Gasteiger partial charge in [0.2, 0.25) is 0 Å². The topological polar surface area (TPSA) is 95.0 Å². The molecule has 0 spiro atoms. The molecular weight excluding hydrogens is 265 g/mol. The predicted molar refractivity (Wildman–Crippen MR) is 62.1 cm³/mol. The third kappa shape index (κ3) is 4.62. The molecule has 0 aromatic carbocycles. The number of alkyl halides is 3. The Morgan fingerprint density at radius 1 is 1.47 bits per heavy atom. The minimum atomic E-state index is -4.41.